The molecule has 1 aliphatic rings. The SMILES string of the molecule is CN1CCN(c2cc(NN)ncn2)C(C)(C)C1=O. The summed E-state index contributed by atoms with van der Waals surface area (Å²) in [6.45, 7) is 5.19. The molecule has 0 aromatic carbocycles. The number of aromatic nitrogens is 2. The number of nitrogens with one attached hydrogen (secondary N) is 1. The highest BCUT2D eigenvalue weighted by atomic mass is 16.2. The number of hydrogen-bond acceptors (Lipinski definition) is 6. The van der Waals surface area contributed by atoms with E-state index in [0.717, 1.165) is 6.54 Å². The largest absolute Gasteiger partial charge is 0.342 e. The van der Waals surface area contributed by atoms with E-state index in [1.807, 2.05) is 25.8 Å². The van der Waals surface area contributed by atoms with Crippen LogP contribution in [0.2, 0.25) is 0 Å². The van der Waals surface area contributed by atoms with Gasteiger partial charge in [-0.25, -0.2) is 15.8 Å². The number of amides is 1. The molecule has 1 amide bonds. The van der Waals surface area contributed by atoms with Gasteiger partial charge in [-0.05, 0) is 13.8 Å². The lowest BCUT2D eigenvalue weighted by atomic mass is 9.98. The molecule has 0 unspecified atom stereocenters. The zero-order valence-corrected chi connectivity index (χ0v) is 10.8. The Hall–Kier alpha value is -1.89. The maximum absolute atomic E-state index is 12.2. The van der Waals surface area contributed by atoms with Gasteiger partial charge in [-0.2, -0.15) is 0 Å². The molecule has 1 saturated heterocycles. The molecule has 0 atom stereocenters. The average molecular weight is 250 g/mol. The first-order valence-electron chi connectivity index (χ1n) is 5.78. The van der Waals surface area contributed by atoms with Crippen LogP contribution in [0.15, 0.2) is 12.4 Å². The van der Waals surface area contributed by atoms with Gasteiger partial charge in [0.25, 0.3) is 0 Å². The summed E-state index contributed by atoms with van der Waals surface area (Å²) in [4.78, 5) is 24.1. The van der Waals surface area contributed by atoms with Crippen LogP contribution in [0.5, 0.6) is 0 Å². The number of piperazine rings is 1. The summed E-state index contributed by atoms with van der Waals surface area (Å²) in [7, 11) is 1.81. The fourth-order valence-electron chi connectivity index (χ4n) is 2.19. The second-order valence-corrected chi connectivity index (χ2v) is 4.84. The molecule has 1 aromatic heterocycles. The quantitative estimate of drug-likeness (QED) is 0.559. The summed E-state index contributed by atoms with van der Waals surface area (Å²) in [6, 6.07) is 1.74. The predicted octanol–water partition coefficient (Wildman–Crippen LogP) is -0.181. The number of carbonyl (C=O) groups is 1. The number of carbonyl (C=O) groups excluding carboxylic acids is 1. The number of nitrogens with zero attached hydrogens (tertiary/aromatic N) is 4. The summed E-state index contributed by atoms with van der Waals surface area (Å²) < 4.78 is 0. The third-order valence-electron chi connectivity index (χ3n) is 3.28. The molecule has 2 rings (SSSR count). The van der Waals surface area contributed by atoms with Crippen LogP contribution < -0.4 is 16.2 Å². The molecule has 98 valence electrons. The molecular formula is C11H18N6O. The normalized spacial score (nSPS) is 19.0. The van der Waals surface area contributed by atoms with Crippen molar-refractivity contribution in [3.8, 4) is 0 Å². The van der Waals surface area contributed by atoms with Crippen molar-refractivity contribution in [2.45, 2.75) is 19.4 Å². The van der Waals surface area contributed by atoms with Crippen molar-refractivity contribution in [1.29, 1.82) is 0 Å². The fourth-order valence-corrected chi connectivity index (χ4v) is 2.19. The van der Waals surface area contributed by atoms with E-state index in [-0.39, 0.29) is 5.91 Å². The van der Waals surface area contributed by atoms with Crippen molar-refractivity contribution in [3.63, 3.8) is 0 Å². The smallest absolute Gasteiger partial charge is 0.247 e. The van der Waals surface area contributed by atoms with E-state index in [9.17, 15) is 4.79 Å². The van der Waals surface area contributed by atoms with Gasteiger partial charge in [-0.15, -0.1) is 0 Å². The second kappa shape index (κ2) is 4.41. The predicted molar refractivity (Wildman–Crippen MR) is 68.9 cm³/mol. The Balaban J connectivity index is 2.34. The van der Waals surface area contributed by atoms with Gasteiger partial charge in [0.05, 0.1) is 0 Å². The van der Waals surface area contributed by atoms with Crippen LogP contribution in [0.3, 0.4) is 0 Å². The number of nitrogen functional groups attached to an aromatic ring is 1. The fraction of sp³-hybridized carbons (Fsp3) is 0.545. The van der Waals surface area contributed by atoms with E-state index >= 15 is 0 Å². The van der Waals surface area contributed by atoms with Crippen molar-refractivity contribution in [2.24, 2.45) is 5.84 Å². The highest BCUT2D eigenvalue weighted by molar-refractivity contribution is 5.90. The molecule has 0 aliphatic carbocycles. The van der Waals surface area contributed by atoms with Gasteiger partial charge in [0.1, 0.15) is 23.5 Å². The van der Waals surface area contributed by atoms with E-state index in [4.69, 9.17) is 5.84 Å². The van der Waals surface area contributed by atoms with Gasteiger partial charge >= 0.3 is 0 Å². The number of hydrazine groups is 1. The second-order valence-electron chi connectivity index (χ2n) is 4.84. The molecule has 18 heavy (non-hydrogen) atoms. The highest BCUT2D eigenvalue weighted by Gasteiger charge is 2.41. The van der Waals surface area contributed by atoms with E-state index in [1.165, 1.54) is 6.33 Å². The van der Waals surface area contributed by atoms with Crippen molar-refractivity contribution < 1.29 is 4.79 Å². The molecule has 2 heterocycles. The third-order valence-corrected chi connectivity index (χ3v) is 3.28. The van der Waals surface area contributed by atoms with Crippen molar-refractivity contribution in [3.05, 3.63) is 12.4 Å². The number of anilines is 2. The van der Waals surface area contributed by atoms with E-state index in [0.29, 0.717) is 18.2 Å². The molecular weight excluding hydrogens is 232 g/mol. The molecule has 1 aliphatic heterocycles. The van der Waals surface area contributed by atoms with Gasteiger partial charge < -0.3 is 15.2 Å². The van der Waals surface area contributed by atoms with Crippen LogP contribution in [-0.4, -0.2) is 46.5 Å². The molecule has 0 bridgehead atoms. The van der Waals surface area contributed by atoms with Crippen LogP contribution in [0.1, 0.15) is 13.8 Å². The summed E-state index contributed by atoms with van der Waals surface area (Å²) in [5, 5.41) is 0. The average Bonchev–Trinajstić information content (AvgIpc) is 2.36. The number of hydrogen-bond donors (Lipinski definition) is 2. The Morgan fingerprint density at radius 2 is 2.11 bits per heavy atom. The Labute approximate surface area is 106 Å². The molecule has 0 radical (unpaired) electrons. The zero-order valence-electron chi connectivity index (χ0n) is 10.8. The Kier molecular flexibility index (Phi) is 3.08. The monoisotopic (exact) mass is 250 g/mol. The van der Waals surface area contributed by atoms with Crippen LogP contribution in [0, 0.1) is 0 Å². The molecule has 0 spiro atoms. The highest BCUT2D eigenvalue weighted by Crippen LogP contribution is 2.27. The Bertz CT molecular complexity index is 461. The topological polar surface area (TPSA) is 87.4 Å². The first-order valence-corrected chi connectivity index (χ1v) is 5.78. The van der Waals surface area contributed by atoms with Crippen molar-refractivity contribution in [2.75, 3.05) is 30.5 Å². The molecule has 3 N–H and O–H groups in total. The first-order chi connectivity index (χ1) is 8.46. The van der Waals surface area contributed by atoms with Gasteiger partial charge in [-0.1, -0.05) is 0 Å². The maximum atomic E-state index is 12.2. The summed E-state index contributed by atoms with van der Waals surface area (Å²) in [5.41, 5.74) is 1.86. The molecule has 1 aromatic rings. The van der Waals surface area contributed by atoms with Crippen molar-refractivity contribution >= 4 is 17.5 Å². The lowest BCUT2D eigenvalue weighted by molar-refractivity contribution is -0.136. The minimum absolute atomic E-state index is 0.0784. The van der Waals surface area contributed by atoms with Crippen LogP contribution >= 0.6 is 0 Å². The standard InChI is InChI=1S/C11H18N6O/c1-11(2)10(18)16(3)4-5-17(11)9-6-8(15-12)13-7-14-9/h6-7H,4-5,12H2,1-3H3,(H,13,14,15). The Morgan fingerprint density at radius 1 is 1.39 bits per heavy atom. The zero-order chi connectivity index (χ0) is 13.3. The van der Waals surface area contributed by atoms with Crippen LogP contribution in [0.4, 0.5) is 11.6 Å². The minimum atomic E-state index is -0.618. The molecule has 0 saturated carbocycles. The van der Waals surface area contributed by atoms with E-state index in [2.05, 4.69) is 15.4 Å². The minimum Gasteiger partial charge on any atom is -0.342 e. The third kappa shape index (κ3) is 1.97. The van der Waals surface area contributed by atoms with Gasteiger partial charge in [0, 0.05) is 26.2 Å². The maximum Gasteiger partial charge on any atom is 0.247 e. The number of nitrogens with two attached hydrogens (primary N) is 1. The van der Waals surface area contributed by atoms with Gasteiger partial charge in [0.2, 0.25) is 5.91 Å². The van der Waals surface area contributed by atoms with E-state index < -0.39 is 5.54 Å². The lowest BCUT2D eigenvalue weighted by Gasteiger charge is -2.45. The Morgan fingerprint density at radius 3 is 2.78 bits per heavy atom. The van der Waals surface area contributed by atoms with Crippen LogP contribution in [0.25, 0.3) is 0 Å². The summed E-state index contributed by atoms with van der Waals surface area (Å²) in [6.07, 6.45) is 1.43. The molecule has 7 nitrogen and oxygen atoms in total. The van der Waals surface area contributed by atoms with Crippen molar-refractivity contribution in [1.82, 2.24) is 14.9 Å². The number of likely N-dealkylation sites (N-methyl/N-ethyl adjacent to an activating group) is 1. The first kappa shape index (κ1) is 12.6. The summed E-state index contributed by atoms with van der Waals surface area (Å²) >= 11 is 0. The van der Waals surface area contributed by atoms with Gasteiger partial charge in [-0.3, -0.25) is 4.79 Å². The molecule has 1 fully saturated rings. The summed E-state index contributed by atoms with van der Waals surface area (Å²) in [5.74, 6) is 6.64. The number of rotatable bonds is 2. The molecule has 7 heteroatoms. The van der Waals surface area contributed by atoms with E-state index in [1.54, 1.807) is 11.0 Å². The van der Waals surface area contributed by atoms with Crippen LogP contribution in [-0.2, 0) is 4.79 Å². The lowest BCUT2D eigenvalue weighted by Crippen LogP contribution is -2.62. The van der Waals surface area contributed by atoms with Gasteiger partial charge in [0.15, 0.2) is 0 Å².